The number of hydrogen-bond donors (Lipinski definition) is 1. The molecule has 1 unspecified atom stereocenters. The zero-order valence-corrected chi connectivity index (χ0v) is 13.6. The molecule has 1 aliphatic heterocycles. The van der Waals surface area contributed by atoms with Crippen molar-refractivity contribution in [2.45, 2.75) is 31.2 Å². The fourth-order valence-corrected chi connectivity index (χ4v) is 2.88. The molecule has 2 heterocycles. The fourth-order valence-electron chi connectivity index (χ4n) is 2.15. The van der Waals surface area contributed by atoms with Crippen molar-refractivity contribution in [1.29, 1.82) is 0 Å². The molecule has 2 rings (SSSR count). The van der Waals surface area contributed by atoms with Gasteiger partial charge in [0.1, 0.15) is 5.71 Å². The van der Waals surface area contributed by atoms with E-state index in [1.54, 1.807) is 0 Å². The summed E-state index contributed by atoms with van der Waals surface area (Å²) in [5.74, 6) is -1.70. The molecule has 0 aliphatic carbocycles. The van der Waals surface area contributed by atoms with Gasteiger partial charge in [-0.05, 0) is 15.9 Å². The predicted octanol–water partition coefficient (Wildman–Crippen LogP) is 2.62. The molecule has 0 aromatic carbocycles. The third-order valence-electron chi connectivity index (χ3n) is 3.29. The van der Waals surface area contributed by atoms with Gasteiger partial charge >= 0.3 is 6.18 Å². The molecule has 0 radical (unpaired) electrons. The van der Waals surface area contributed by atoms with Crippen molar-refractivity contribution in [1.82, 2.24) is 14.8 Å². The minimum absolute atomic E-state index is 0.257. The Hall–Kier alpha value is -1.70. The van der Waals surface area contributed by atoms with Gasteiger partial charge in [0.15, 0.2) is 11.4 Å². The van der Waals surface area contributed by atoms with E-state index < -0.39 is 58.7 Å². The first-order valence-corrected chi connectivity index (χ1v) is 7.10. The summed E-state index contributed by atoms with van der Waals surface area (Å²) < 4.78 is 89.6. The summed E-state index contributed by atoms with van der Waals surface area (Å²) in [6.45, 7) is 0. The molecule has 1 aromatic rings. The van der Waals surface area contributed by atoms with Crippen LogP contribution in [0, 0.1) is 0 Å². The maximum Gasteiger partial charge on any atom is 0.434 e. The highest BCUT2D eigenvalue weighted by Gasteiger charge is 2.54. The molecule has 1 aromatic heterocycles. The topological polar surface area (TPSA) is 70.7 Å². The number of aryl methyl sites for hydroxylation is 1. The van der Waals surface area contributed by atoms with Crippen LogP contribution in [-0.2, 0) is 13.2 Å². The van der Waals surface area contributed by atoms with Gasteiger partial charge in [-0.3, -0.25) is 9.48 Å². The summed E-state index contributed by atoms with van der Waals surface area (Å²) in [6, 6.07) is 0. The molecule has 0 fully saturated rings. The van der Waals surface area contributed by atoms with E-state index in [2.05, 4.69) is 26.1 Å². The standard InChI is InChI=1S/C11H8BrF7N4O2/c1-22-6(11(17,18)19)4(12)5(21-22)8(24)23-10(25,9(15)16)2-3(20-23)7(13)14/h7,9,25H,2H2,1H3. The van der Waals surface area contributed by atoms with Crippen LogP contribution in [0.1, 0.15) is 22.6 Å². The Morgan fingerprint density at radius 3 is 2.28 bits per heavy atom. The van der Waals surface area contributed by atoms with Gasteiger partial charge in [0.25, 0.3) is 18.8 Å². The van der Waals surface area contributed by atoms with Crippen molar-refractivity contribution in [3.05, 3.63) is 15.9 Å². The Morgan fingerprint density at radius 2 is 1.88 bits per heavy atom. The molecule has 0 spiro atoms. The third kappa shape index (κ3) is 3.23. The van der Waals surface area contributed by atoms with Crippen LogP contribution < -0.4 is 0 Å². The zero-order valence-electron chi connectivity index (χ0n) is 12.0. The summed E-state index contributed by atoms with van der Waals surface area (Å²) >= 11 is 2.49. The van der Waals surface area contributed by atoms with E-state index in [0.717, 1.165) is 7.05 Å². The number of aliphatic hydroxyl groups is 1. The average Bonchev–Trinajstić information content (AvgIpc) is 2.96. The normalized spacial score (nSPS) is 21.4. The molecule has 6 nitrogen and oxygen atoms in total. The Labute approximate surface area is 143 Å². The van der Waals surface area contributed by atoms with Gasteiger partial charge in [-0.1, -0.05) is 0 Å². The number of rotatable bonds is 3. The Kier molecular flexibility index (Phi) is 4.89. The van der Waals surface area contributed by atoms with Crippen molar-refractivity contribution < 1.29 is 40.6 Å². The van der Waals surface area contributed by atoms with Crippen molar-refractivity contribution in [3.8, 4) is 0 Å². The number of hydrazone groups is 1. The molecule has 0 saturated heterocycles. The lowest BCUT2D eigenvalue weighted by Crippen LogP contribution is -2.51. The van der Waals surface area contributed by atoms with E-state index in [1.807, 2.05) is 0 Å². The van der Waals surface area contributed by atoms with E-state index in [4.69, 9.17) is 0 Å². The van der Waals surface area contributed by atoms with Gasteiger partial charge in [-0.25, -0.2) is 17.6 Å². The highest BCUT2D eigenvalue weighted by Crippen LogP contribution is 2.39. The first-order valence-electron chi connectivity index (χ1n) is 6.31. The van der Waals surface area contributed by atoms with Crippen LogP contribution in [0.4, 0.5) is 30.7 Å². The van der Waals surface area contributed by atoms with E-state index in [1.165, 1.54) is 0 Å². The number of nitrogens with zero attached hydrogens (tertiary/aromatic N) is 4. The van der Waals surface area contributed by atoms with Gasteiger partial charge in [0, 0.05) is 13.5 Å². The van der Waals surface area contributed by atoms with Crippen LogP contribution in [0.2, 0.25) is 0 Å². The smallest absolute Gasteiger partial charge is 0.364 e. The molecule has 0 saturated carbocycles. The number of carbonyl (C=O) groups excluding carboxylic acids is 1. The molecular weight excluding hydrogens is 433 g/mol. The van der Waals surface area contributed by atoms with Crippen LogP contribution >= 0.6 is 15.9 Å². The van der Waals surface area contributed by atoms with E-state index in [-0.39, 0.29) is 9.69 Å². The van der Waals surface area contributed by atoms with Crippen molar-refractivity contribution >= 4 is 27.5 Å². The lowest BCUT2D eigenvalue weighted by Gasteiger charge is -2.29. The highest BCUT2D eigenvalue weighted by atomic mass is 79.9. The van der Waals surface area contributed by atoms with Gasteiger partial charge in [0.05, 0.1) is 4.47 Å². The first-order chi connectivity index (χ1) is 11.3. The minimum atomic E-state index is -4.94. The first kappa shape index (κ1) is 19.6. The number of aromatic nitrogens is 2. The summed E-state index contributed by atoms with van der Waals surface area (Å²) in [6.07, 6.45) is -13.4. The fraction of sp³-hybridized carbons (Fsp3) is 0.545. The number of halogens is 8. The van der Waals surface area contributed by atoms with Crippen LogP contribution in [-0.4, -0.2) is 50.1 Å². The molecule has 1 N–H and O–H groups in total. The monoisotopic (exact) mass is 440 g/mol. The Bertz CT molecular complexity index is 733. The maximum atomic E-state index is 13.1. The second kappa shape index (κ2) is 6.23. The molecule has 140 valence electrons. The molecule has 25 heavy (non-hydrogen) atoms. The SMILES string of the molecule is Cn1nc(C(=O)N2N=C(C(F)F)CC2(O)C(F)F)c(Br)c1C(F)(F)F. The van der Waals surface area contributed by atoms with Crippen molar-refractivity contribution in [3.63, 3.8) is 0 Å². The van der Waals surface area contributed by atoms with Crippen molar-refractivity contribution in [2.24, 2.45) is 12.1 Å². The van der Waals surface area contributed by atoms with Crippen LogP contribution in [0.25, 0.3) is 0 Å². The van der Waals surface area contributed by atoms with E-state index >= 15 is 0 Å². The summed E-state index contributed by atoms with van der Waals surface area (Å²) in [4.78, 5) is 12.3. The van der Waals surface area contributed by atoms with Crippen molar-refractivity contribution in [2.75, 3.05) is 0 Å². The third-order valence-corrected chi connectivity index (χ3v) is 4.04. The van der Waals surface area contributed by atoms with Crippen LogP contribution in [0.15, 0.2) is 9.57 Å². The van der Waals surface area contributed by atoms with Gasteiger partial charge in [-0.2, -0.15) is 28.4 Å². The molecule has 0 bridgehead atoms. The lowest BCUT2D eigenvalue weighted by molar-refractivity contribution is -0.164. The van der Waals surface area contributed by atoms with Crippen LogP contribution in [0.5, 0.6) is 0 Å². The highest BCUT2D eigenvalue weighted by molar-refractivity contribution is 9.10. The number of amides is 1. The van der Waals surface area contributed by atoms with Gasteiger partial charge in [-0.15, -0.1) is 0 Å². The summed E-state index contributed by atoms with van der Waals surface area (Å²) in [5.41, 5.74) is -7.06. The lowest BCUT2D eigenvalue weighted by atomic mass is 10.1. The Morgan fingerprint density at radius 1 is 1.32 bits per heavy atom. The molecule has 1 atom stereocenters. The summed E-state index contributed by atoms with van der Waals surface area (Å²) in [5, 5.41) is 15.7. The Balaban J connectivity index is 2.52. The largest absolute Gasteiger partial charge is 0.434 e. The molecule has 14 heteroatoms. The molecule has 1 amide bonds. The van der Waals surface area contributed by atoms with E-state index in [9.17, 15) is 40.6 Å². The number of alkyl halides is 7. The number of carbonyl (C=O) groups is 1. The average molecular weight is 441 g/mol. The number of hydrogen-bond acceptors (Lipinski definition) is 4. The second-order valence-electron chi connectivity index (χ2n) is 5.00. The van der Waals surface area contributed by atoms with Gasteiger partial charge < -0.3 is 5.11 Å². The quantitative estimate of drug-likeness (QED) is 0.734. The molecular formula is C11H8BrF7N4O2. The predicted molar refractivity (Wildman–Crippen MR) is 71.1 cm³/mol. The maximum absolute atomic E-state index is 13.1. The molecule has 1 aliphatic rings. The zero-order chi connectivity index (χ0) is 19.3. The summed E-state index contributed by atoms with van der Waals surface area (Å²) in [7, 11) is 0.835. The van der Waals surface area contributed by atoms with Crippen LogP contribution in [0.3, 0.4) is 0 Å². The minimum Gasteiger partial charge on any atom is -0.364 e. The second-order valence-corrected chi connectivity index (χ2v) is 5.79. The van der Waals surface area contributed by atoms with E-state index in [0.29, 0.717) is 0 Å². The van der Waals surface area contributed by atoms with Gasteiger partial charge in [0.2, 0.25) is 5.72 Å².